The summed E-state index contributed by atoms with van der Waals surface area (Å²) in [5.41, 5.74) is -2.84. The van der Waals surface area contributed by atoms with Crippen LogP contribution in [0.15, 0.2) is 0 Å². The number of carbonyl (C=O) groups excluding carboxylic acids is 4. The highest BCUT2D eigenvalue weighted by Gasteiger charge is 2.71. The predicted molar refractivity (Wildman–Crippen MR) is 70.4 cm³/mol. The SMILES string of the molecule is CC(=O)N[C@@H]1[C@@H](C(O)C(C)=O)O[C@@](O)(C(C)=O)[C@@]1(O)C(C)=O. The molecule has 1 unspecified atom stereocenters. The monoisotopic (exact) mass is 317 g/mol. The summed E-state index contributed by atoms with van der Waals surface area (Å²) < 4.78 is 4.97. The Morgan fingerprint density at radius 2 is 1.55 bits per heavy atom. The first-order chi connectivity index (χ1) is 9.89. The molecule has 1 heterocycles. The summed E-state index contributed by atoms with van der Waals surface area (Å²) in [7, 11) is 0. The molecule has 0 saturated carbocycles. The van der Waals surface area contributed by atoms with Gasteiger partial charge in [0, 0.05) is 13.8 Å². The quantitative estimate of drug-likeness (QED) is 0.432. The second-order valence-electron chi connectivity index (χ2n) is 5.34. The summed E-state index contributed by atoms with van der Waals surface area (Å²) >= 11 is 0. The van der Waals surface area contributed by atoms with Crippen molar-refractivity contribution in [3.63, 3.8) is 0 Å². The second kappa shape index (κ2) is 5.84. The van der Waals surface area contributed by atoms with Gasteiger partial charge in [0.2, 0.25) is 11.5 Å². The third kappa shape index (κ3) is 2.56. The third-order valence-corrected chi connectivity index (χ3v) is 3.70. The van der Waals surface area contributed by atoms with Crippen molar-refractivity contribution in [3.8, 4) is 0 Å². The van der Waals surface area contributed by atoms with Gasteiger partial charge in [-0.3, -0.25) is 19.2 Å². The summed E-state index contributed by atoms with van der Waals surface area (Å²) in [5.74, 6) is -6.69. The maximum Gasteiger partial charge on any atom is 0.266 e. The molecule has 1 aliphatic rings. The highest BCUT2D eigenvalue weighted by molar-refractivity contribution is 5.98. The van der Waals surface area contributed by atoms with E-state index in [1.54, 1.807) is 0 Å². The fourth-order valence-corrected chi connectivity index (χ4v) is 2.50. The lowest BCUT2D eigenvalue weighted by Crippen LogP contribution is -2.68. The molecule has 5 atom stereocenters. The molecule has 124 valence electrons. The van der Waals surface area contributed by atoms with Crippen molar-refractivity contribution in [1.82, 2.24) is 5.32 Å². The molecule has 22 heavy (non-hydrogen) atoms. The number of ether oxygens (including phenoxy) is 1. The Bertz CT molecular complexity index is 532. The van der Waals surface area contributed by atoms with Crippen LogP contribution in [0.2, 0.25) is 0 Å². The molecule has 0 aromatic heterocycles. The topological polar surface area (TPSA) is 150 Å². The number of rotatable bonds is 5. The first-order valence-electron chi connectivity index (χ1n) is 6.49. The summed E-state index contributed by atoms with van der Waals surface area (Å²) in [4.78, 5) is 46.2. The Morgan fingerprint density at radius 1 is 1.05 bits per heavy atom. The Labute approximate surface area is 126 Å². The number of carbonyl (C=O) groups is 4. The van der Waals surface area contributed by atoms with Crippen molar-refractivity contribution in [3.05, 3.63) is 0 Å². The number of amides is 1. The van der Waals surface area contributed by atoms with E-state index in [4.69, 9.17) is 4.74 Å². The van der Waals surface area contributed by atoms with Crippen molar-refractivity contribution >= 4 is 23.3 Å². The number of aliphatic hydroxyl groups is 3. The normalized spacial score (nSPS) is 35.8. The molecule has 1 fully saturated rings. The van der Waals surface area contributed by atoms with Crippen molar-refractivity contribution in [2.75, 3.05) is 0 Å². The molecular weight excluding hydrogens is 298 g/mol. The van der Waals surface area contributed by atoms with Gasteiger partial charge in [0.25, 0.3) is 5.79 Å². The Hall–Kier alpha value is -1.68. The standard InChI is InChI=1S/C13H19NO8/c1-5(15)9(19)10-11(14-8(4)18)12(20,6(2)16)13(21,22-10)7(3)17/h9-11,19-21H,1-4H3,(H,14,18)/t9?,10-,11-,12-,13+/m1/s1. The summed E-state index contributed by atoms with van der Waals surface area (Å²) in [6.45, 7) is 3.82. The number of Topliss-reactive ketones (excluding diaryl/α,β-unsaturated/α-hetero) is 3. The summed E-state index contributed by atoms with van der Waals surface area (Å²) in [5, 5.41) is 32.9. The molecule has 0 aliphatic carbocycles. The van der Waals surface area contributed by atoms with Crippen molar-refractivity contribution in [1.29, 1.82) is 0 Å². The summed E-state index contributed by atoms with van der Waals surface area (Å²) in [6, 6.07) is -1.68. The zero-order chi connectivity index (χ0) is 17.5. The molecule has 1 saturated heterocycles. The van der Waals surface area contributed by atoms with E-state index in [0.717, 1.165) is 27.7 Å². The van der Waals surface area contributed by atoms with Crippen LogP contribution in [0.25, 0.3) is 0 Å². The van der Waals surface area contributed by atoms with Gasteiger partial charge in [0.1, 0.15) is 12.2 Å². The maximum absolute atomic E-state index is 11.9. The van der Waals surface area contributed by atoms with Crippen molar-refractivity contribution in [2.45, 2.75) is 57.3 Å². The lowest BCUT2D eigenvalue weighted by molar-refractivity contribution is -0.247. The second-order valence-corrected chi connectivity index (χ2v) is 5.34. The lowest BCUT2D eigenvalue weighted by Gasteiger charge is -2.35. The van der Waals surface area contributed by atoms with Crippen LogP contribution < -0.4 is 5.32 Å². The average Bonchev–Trinajstić information content (AvgIpc) is 2.61. The molecule has 4 N–H and O–H groups in total. The van der Waals surface area contributed by atoms with E-state index in [0.29, 0.717) is 0 Å². The molecule has 9 nitrogen and oxygen atoms in total. The highest BCUT2D eigenvalue weighted by Crippen LogP contribution is 2.41. The smallest absolute Gasteiger partial charge is 0.266 e. The fourth-order valence-electron chi connectivity index (χ4n) is 2.50. The lowest BCUT2D eigenvalue weighted by atomic mass is 9.79. The first kappa shape index (κ1) is 18.4. The summed E-state index contributed by atoms with van der Waals surface area (Å²) in [6.07, 6.45) is -3.54. The van der Waals surface area contributed by atoms with Crippen LogP contribution in [0, 0.1) is 0 Å². The molecule has 0 aromatic carbocycles. The number of hydrogen-bond donors (Lipinski definition) is 4. The first-order valence-corrected chi connectivity index (χ1v) is 6.49. The van der Waals surface area contributed by atoms with Gasteiger partial charge in [0.05, 0.1) is 6.04 Å². The van der Waals surface area contributed by atoms with Gasteiger partial charge >= 0.3 is 0 Å². The van der Waals surface area contributed by atoms with Crippen molar-refractivity contribution < 1.29 is 39.2 Å². The van der Waals surface area contributed by atoms with Gasteiger partial charge in [-0.15, -0.1) is 0 Å². The Kier molecular flexibility index (Phi) is 4.88. The number of ketones is 3. The van der Waals surface area contributed by atoms with Crippen molar-refractivity contribution in [2.24, 2.45) is 0 Å². The molecular formula is C13H19NO8. The number of nitrogens with one attached hydrogen (secondary N) is 1. The van der Waals surface area contributed by atoms with Gasteiger partial charge in [-0.1, -0.05) is 0 Å². The van der Waals surface area contributed by atoms with Crippen LogP contribution in [-0.2, 0) is 23.9 Å². The van der Waals surface area contributed by atoms with Gasteiger partial charge < -0.3 is 25.4 Å². The minimum absolute atomic E-state index is 0.721. The van der Waals surface area contributed by atoms with Crippen LogP contribution in [0.3, 0.4) is 0 Å². The zero-order valence-electron chi connectivity index (χ0n) is 12.6. The predicted octanol–water partition coefficient (Wildman–Crippen LogP) is -2.56. The van der Waals surface area contributed by atoms with Gasteiger partial charge in [0.15, 0.2) is 17.3 Å². The van der Waals surface area contributed by atoms with Crippen LogP contribution in [0.5, 0.6) is 0 Å². The van der Waals surface area contributed by atoms with Gasteiger partial charge in [-0.2, -0.15) is 0 Å². The fraction of sp³-hybridized carbons (Fsp3) is 0.692. The van der Waals surface area contributed by atoms with E-state index in [9.17, 15) is 34.5 Å². The molecule has 0 radical (unpaired) electrons. The molecule has 1 amide bonds. The highest BCUT2D eigenvalue weighted by atomic mass is 16.7. The van der Waals surface area contributed by atoms with E-state index in [2.05, 4.69) is 5.32 Å². The van der Waals surface area contributed by atoms with Gasteiger partial charge in [-0.05, 0) is 13.8 Å². The van der Waals surface area contributed by atoms with Crippen LogP contribution in [0.1, 0.15) is 27.7 Å². The third-order valence-electron chi connectivity index (χ3n) is 3.70. The van der Waals surface area contributed by atoms with E-state index >= 15 is 0 Å². The molecule has 0 bridgehead atoms. The van der Waals surface area contributed by atoms with E-state index in [1.165, 1.54) is 0 Å². The number of aliphatic hydroxyl groups excluding tert-OH is 1. The molecule has 1 aliphatic heterocycles. The molecule has 1 rings (SSSR count). The van der Waals surface area contributed by atoms with Crippen LogP contribution in [-0.4, -0.2) is 68.2 Å². The van der Waals surface area contributed by atoms with E-state index in [1.807, 2.05) is 0 Å². The maximum atomic E-state index is 11.9. The number of hydrogen-bond acceptors (Lipinski definition) is 8. The molecule has 0 aromatic rings. The Balaban J connectivity index is 3.50. The Morgan fingerprint density at radius 3 is 1.86 bits per heavy atom. The minimum atomic E-state index is -2.99. The largest absolute Gasteiger partial charge is 0.382 e. The van der Waals surface area contributed by atoms with Crippen LogP contribution in [0.4, 0.5) is 0 Å². The van der Waals surface area contributed by atoms with E-state index in [-0.39, 0.29) is 0 Å². The van der Waals surface area contributed by atoms with Gasteiger partial charge in [-0.25, -0.2) is 0 Å². The van der Waals surface area contributed by atoms with E-state index < -0.39 is 52.9 Å². The zero-order valence-corrected chi connectivity index (χ0v) is 12.6. The average molecular weight is 317 g/mol. The molecule has 9 heteroatoms. The minimum Gasteiger partial charge on any atom is -0.382 e. The van der Waals surface area contributed by atoms with Crippen LogP contribution >= 0.6 is 0 Å². The molecule has 0 spiro atoms.